The van der Waals surface area contributed by atoms with E-state index in [1.165, 1.54) is 6.08 Å². The molecule has 0 radical (unpaired) electrons. The second-order valence-electron chi connectivity index (χ2n) is 6.30. The highest BCUT2D eigenvalue weighted by Gasteiger charge is 2.14. The largest absolute Gasteiger partial charge is 0.487 e. The third-order valence-corrected chi connectivity index (χ3v) is 6.45. The van der Waals surface area contributed by atoms with Crippen molar-refractivity contribution in [1.29, 1.82) is 5.26 Å². The second-order valence-corrected chi connectivity index (χ2v) is 9.44. The highest BCUT2D eigenvalue weighted by Crippen LogP contribution is 2.31. The highest BCUT2D eigenvalue weighted by atomic mass is 127. The van der Waals surface area contributed by atoms with Gasteiger partial charge >= 0.3 is 0 Å². The molecule has 0 saturated heterocycles. The van der Waals surface area contributed by atoms with E-state index in [1.807, 2.05) is 42.5 Å². The Morgan fingerprint density at radius 3 is 2.26 bits per heavy atom. The van der Waals surface area contributed by atoms with Gasteiger partial charge in [-0.3, -0.25) is 4.79 Å². The first-order valence-corrected chi connectivity index (χ1v) is 11.8. The maximum absolute atomic E-state index is 12.5. The van der Waals surface area contributed by atoms with Gasteiger partial charge in [-0.05, 0) is 87.2 Å². The monoisotopic (exact) mass is 674 g/mol. The first-order valence-electron chi connectivity index (χ1n) is 8.92. The smallest absolute Gasteiger partial charge is 0.266 e. The van der Waals surface area contributed by atoms with Crippen LogP contribution in [0.5, 0.6) is 5.75 Å². The Labute approximate surface area is 217 Å². The number of nitriles is 1. The van der Waals surface area contributed by atoms with Gasteiger partial charge in [0, 0.05) is 10.6 Å². The van der Waals surface area contributed by atoms with Crippen LogP contribution in [0.3, 0.4) is 0 Å². The summed E-state index contributed by atoms with van der Waals surface area (Å²) in [5.41, 5.74) is 2.02. The maximum atomic E-state index is 12.5. The zero-order chi connectivity index (χ0) is 22.4. The quantitative estimate of drug-likeness (QED) is 0.169. The lowest BCUT2D eigenvalue weighted by Crippen LogP contribution is -2.13. The van der Waals surface area contributed by atoms with Gasteiger partial charge in [0.1, 0.15) is 24.0 Å². The number of nitrogens with zero attached hydrogens (tertiary/aromatic N) is 1. The van der Waals surface area contributed by atoms with Crippen molar-refractivity contribution in [3.05, 3.63) is 94.5 Å². The molecule has 0 heterocycles. The lowest BCUT2D eigenvalue weighted by Gasteiger charge is -2.12. The van der Waals surface area contributed by atoms with Crippen LogP contribution in [0.4, 0.5) is 5.69 Å². The van der Waals surface area contributed by atoms with Crippen molar-refractivity contribution in [2.24, 2.45) is 0 Å². The molecule has 1 N–H and O–H groups in total. The molecule has 3 rings (SSSR count). The topological polar surface area (TPSA) is 62.1 Å². The minimum Gasteiger partial charge on any atom is -0.487 e. The lowest BCUT2D eigenvalue weighted by atomic mass is 10.1. The van der Waals surface area contributed by atoms with E-state index in [2.05, 4.69) is 50.5 Å². The molecule has 0 fully saturated rings. The molecule has 0 aliphatic heterocycles. The number of hydrogen-bond donors (Lipinski definition) is 1. The first-order chi connectivity index (χ1) is 14.9. The molecule has 31 heavy (non-hydrogen) atoms. The van der Waals surface area contributed by atoms with E-state index >= 15 is 0 Å². The van der Waals surface area contributed by atoms with Gasteiger partial charge in [0.25, 0.3) is 5.91 Å². The second kappa shape index (κ2) is 11.2. The van der Waals surface area contributed by atoms with Gasteiger partial charge in [-0.2, -0.15) is 5.26 Å². The molecule has 0 bridgehead atoms. The average molecular weight is 675 g/mol. The molecule has 0 aromatic heterocycles. The summed E-state index contributed by atoms with van der Waals surface area (Å²) in [6.07, 6.45) is 1.54. The van der Waals surface area contributed by atoms with Crippen molar-refractivity contribution in [1.82, 2.24) is 0 Å². The van der Waals surface area contributed by atoms with Crippen molar-refractivity contribution in [2.75, 3.05) is 5.32 Å². The van der Waals surface area contributed by atoms with Crippen LogP contribution >= 0.6 is 68.4 Å². The van der Waals surface area contributed by atoms with E-state index < -0.39 is 5.91 Å². The van der Waals surface area contributed by atoms with Crippen LogP contribution in [-0.2, 0) is 11.4 Å². The van der Waals surface area contributed by atoms with Crippen LogP contribution in [-0.4, -0.2) is 5.91 Å². The fourth-order valence-electron chi connectivity index (χ4n) is 2.63. The summed E-state index contributed by atoms with van der Waals surface area (Å²) in [4.78, 5) is 12.5. The number of rotatable bonds is 6. The molecule has 0 atom stereocenters. The van der Waals surface area contributed by atoms with Crippen molar-refractivity contribution in [3.8, 4) is 11.8 Å². The molecule has 0 saturated carbocycles. The number of nitrogens with one attached hydrogen (secondary N) is 1. The Balaban J connectivity index is 1.80. The summed E-state index contributed by atoms with van der Waals surface area (Å²) >= 11 is 16.6. The number of hydrogen-bond acceptors (Lipinski definition) is 3. The molecular weight excluding hydrogens is 661 g/mol. The maximum Gasteiger partial charge on any atom is 0.266 e. The zero-order valence-electron chi connectivity index (χ0n) is 15.8. The third kappa shape index (κ3) is 6.35. The first kappa shape index (κ1) is 23.9. The Hall–Kier alpha value is -1.80. The van der Waals surface area contributed by atoms with Crippen LogP contribution in [0.15, 0.2) is 66.2 Å². The minimum absolute atomic E-state index is 0.0312. The van der Waals surface area contributed by atoms with Crippen molar-refractivity contribution >= 4 is 86.1 Å². The fourth-order valence-corrected chi connectivity index (χ4v) is 5.13. The molecular formula is C23H14Cl2I2N2O2. The SMILES string of the molecule is N#C/C(=C\c1cc(I)c(OCc2ccccc2Cl)c(I)c1)C(=O)Nc1ccccc1Cl. The van der Waals surface area contributed by atoms with Crippen LogP contribution < -0.4 is 10.1 Å². The number of anilines is 1. The van der Waals surface area contributed by atoms with Crippen LogP contribution in [0, 0.1) is 18.5 Å². The lowest BCUT2D eigenvalue weighted by molar-refractivity contribution is -0.112. The number of amides is 1. The molecule has 4 nitrogen and oxygen atoms in total. The minimum atomic E-state index is -0.528. The number of benzene rings is 3. The summed E-state index contributed by atoms with van der Waals surface area (Å²) < 4.78 is 7.69. The molecule has 0 aliphatic rings. The molecule has 156 valence electrons. The number of carbonyl (C=O) groups excluding carboxylic acids is 1. The number of ether oxygens (including phenoxy) is 1. The molecule has 0 spiro atoms. The van der Waals surface area contributed by atoms with Crippen molar-refractivity contribution in [2.45, 2.75) is 6.61 Å². The summed E-state index contributed by atoms with van der Waals surface area (Å²) in [6.45, 7) is 0.338. The summed E-state index contributed by atoms with van der Waals surface area (Å²) in [6, 6.07) is 20.0. The highest BCUT2D eigenvalue weighted by molar-refractivity contribution is 14.1. The van der Waals surface area contributed by atoms with E-state index in [1.54, 1.807) is 24.3 Å². The average Bonchev–Trinajstić information content (AvgIpc) is 2.74. The van der Waals surface area contributed by atoms with Gasteiger partial charge in [0.2, 0.25) is 0 Å². The van der Waals surface area contributed by atoms with E-state index in [0.29, 0.717) is 27.9 Å². The molecule has 3 aromatic rings. The molecule has 0 aliphatic carbocycles. The van der Waals surface area contributed by atoms with Crippen LogP contribution in [0.1, 0.15) is 11.1 Å². The summed E-state index contributed by atoms with van der Waals surface area (Å²) in [5, 5.41) is 13.2. The Kier molecular flexibility index (Phi) is 8.60. The van der Waals surface area contributed by atoms with Crippen molar-refractivity contribution in [3.63, 3.8) is 0 Å². The fraction of sp³-hybridized carbons (Fsp3) is 0.0435. The Bertz CT molecular complexity index is 1180. The van der Waals surface area contributed by atoms with E-state index in [9.17, 15) is 10.1 Å². The number of carbonyl (C=O) groups is 1. The van der Waals surface area contributed by atoms with Crippen molar-refractivity contribution < 1.29 is 9.53 Å². The van der Waals surface area contributed by atoms with Gasteiger partial charge < -0.3 is 10.1 Å². The standard InChI is InChI=1S/C23H14Cl2I2N2O2/c24-17-6-2-1-5-15(17)13-31-22-19(26)10-14(11-20(22)27)9-16(12-28)23(30)29-21-8-4-3-7-18(21)25/h1-11H,13H2,(H,29,30)/b16-9+. The predicted molar refractivity (Wildman–Crippen MR) is 141 cm³/mol. The molecule has 8 heteroatoms. The zero-order valence-corrected chi connectivity index (χ0v) is 21.7. The van der Waals surface area contributed by atoms with Gasteiger partial charge in [-0.15, -0.1) is 0 Å². The predicted octanol–water partition coefficient (Wildman–Crippen LogP) is 7.33. The number of halogens is 4. The molecule has 0 unspecified atom stereocenters. The Morgan fingerprint density at radius 1 is 1.03 bits per heavy atom. The Morgan fingerprint density at radius 2 is 1.65 bits per heavy atom. The van der Waals surface area contributed by atoms with Gasteiger partial charge in [-0.25, -0.2) is 0 Å². The summed E-state index contributed by atoms with van der Waals surface area (Å²) in [7, 11) is 0. The number of para-hydroxylation sites is 1. The summed E-state index contributed by atoms with van der Waals surface area (Å²) in [5.74, 6) is 0.192. The third-order valence-electron chi connectivity index (χ3n) is 4.15. The normalized spacial score (nSPS) is 11.0. The van der Waals surface area contributed by atoms with Gasteiger partial charge in [0.05, 0.1) is 17.9 Å². The molecule has 3 aromatic carbocycles. The van der Waals surface area contributed by atoms with Gasteiger partial charge in [0.15, 0.2) is 0 Å². The van der Waals surface area contributed by atoms with Crippen LogP contribution in [0.25, 0.3) is 6.08 Å². The van der Waals surface area contributed by atoms with Gasteiger partial charge in [-0.1, -0.05) is 53.5 Å². The van der Waals surface area contributed by atoms with Crippen LogP contribution in [0.2, 0.25) is 10.0 Å². The van der Waals surface area contributed by atoms with E-state index in [0.717, 1.165) is 18.5 Å². The van der Waals surface area contributed by atoms with E-state index in [-0.39, 0.29) is 5.57 Å². The molecule has 1 amide bonds. The van der Waals surface area contributed by atoms with E-state index in [4.69, 9.17) is 27.9 Å².